The minimum absolute atomic E-state index is 0.255. The fourth-order valence-electron chi connectivity index (χ4n) is 1.62. The number of methoxy groups -OCH3 is 1. The van der Waals surface area contributed by atoms with Crippen molar-refractivity contribution in [2.75, 3.05) is 13.7 Å². The van der Waals surface area contributed by atoms with E-state index in [2.05, 4.69) is 34.5 Å². The maximum atomic E-state index is 11.2. The molecule has 0 saturated carbocycles. The molecule has 1 N–H and O–H groups in total. The molecule has 0 spiro atoms. The van der Waals surface area contributed by atoms with Gasteiger partial charge in [-0.05, 0) is 12.5 Å². The number of imide groups is 1. The van der Waals surface area contributed by atoms with Crippen LogP contribution in [0.3, 0.4) is 0 Å². The van der Waals surface area contributed by atoms with Crippen LogP contribution in [0.2, 0.25) is 0 Å². The number of hydrogen-bond donors (Lipinski definition) is 1. The van der Waals surface area contributed by atoms with Crippen molar-refractivity contribution in [1.29, 1.82) is 0 Å². The van der Waals surface area contributed by atoms with Gasteiger partial charge in [-0.2, -0.15) is 0 Å². The lowest BCUT2D eigenvalue weighted by atomic mass is 10.1. The molecular formula is C21H23NO6. The number of amides is 2. The van der Waals surface area contributed by atoms with Crippen molar-refractivity contribution in [3.63, 3.8) is 0 Å². The summed E-state index contributed by atoms with van der Waals surface area (Å²) in [5, 5.41) is 2.19. The van der Waals surface area contributed by atoms with E-state index in [9.17, 15) is 19.2 Å². The van der Waals surface area contributed by atoms with E-state index in [1.54, 1.807) is 19.1 Å². The average Bonchev–Trinajstić information content (AvgIpc) is 3.05. The molecule has 0 bridgehead atoms. The zero-order valence-electron chi connectivity index (χ0n) is 15.9. The van der Waals surface area contributed by atoms with Crippen LogP contribution in [0.15, 0.2) is 73.9 Å². The Bertz CT molecular complexity index is 777. The molecule has 1 aliphatic heterocycles. The number of ether oxygens (including phenoxy) is 2. The van der Waals surface area contributed by atoms with Gasteiger partial charge in [0.1, 0.15) is 6.61 Å². The summed E-state index contributed by atoms with van der Waals surface area (Å²) < 4.78 is 8.74. The van der Waals surface area contributed by atoms with Crippen LogP contribution in [-0.2, 0) is 28.7 Å². The first kappa shape index (κ1) is 24.3. The van der Waals surface area contributed by atoms with Gasteiger partial charge in [-0.1, -0.05) is 56.1 Å². The van der Waals surface area contributed by atoms with Crippen LogP contribution in [0, 0.1) is 0 Å². The molecule has 0 fully saturated rings. The number of carbonyl (C=O) groups excluding carboxylic acids is 4. The highest BCUT2D eigenvalue weighted by Gasteiger charge is 2.21. The first-order valence-electron chi connectivity index (χ1n) is 8.03. The molecule has 7 heteroatoms. The molecule has 0 saturated heterocycles. The maximum absolute atomic E-state index is 11.2. The van der Waals surface area contributed by atoms with E-state index in [0.29, 0.717) is 11.1 Å². The Morgan fingerprint density at radius 3 is 2.11 bits per heavy atom. The molecule has 148 valence electrons. The second-order valence-corrected chi connectivity index (χ2v) is 5.14. The molecule has 7 nitrogen and oxygen atoms in total. The van der Waals surface area contributed by atoms with Crippen LogP contribution in [0.25, 0.3) is 5.57 Å². The molecular weight excluding hydrogens is 362 g/mol. The summed E-state index contributed by atoms with van der Waals surface area (Å²) in [7, 11) is 1.33. The maximum Gasteiger partial charge on any atom is 0.332 e. The van der Waals surface area contributed by atoms with Gasteiger partial charge in [0.25, 0.3) is 11.8 Å². The van der Waals surface area contributed by atoms with Crippen molar-refractivity contribution < 1.29 is 28.7 Å². The Morgan fingerprint density at radius 1 is 1.14 bits per heavy atom. The van der Waals surface area contributed by atoms with Crippen LogP contribution in [-0.4, -0.2) is 37.5 Å². The topological polar surface area (TPSA) is 98.8 Å². The summed E-state index contributed by atoms with van der Waals surface area (Å²) in [5.74, 6) is -1.43. The van der Waals surface area contributed by atoms with E-state index in [-0.39, 0.29) is 24.4 Å². The van der Waals surface area contributed by atoms with Gasteiger partial charge in [0.15, 0.2) is 0 Å². The Kier molecular flexibility index (Phi) is 11.7. The van der Waals surface area contributed by atoms with Gasteiger partial charge in [0.2, 0.25) is 0 Å². The minimum Gasteiger partial charge on any atom is -0.466 e. The molecule has 2 amide bonds. The zero-order chi connectivity index (χ0) is 21.5. The Labute approximate surface area is 164 Å². The highest BCUT2D eigenvalue weighted by Crippen LogP contribution is 2.16. The quantitative estimate of drug-likeness (QED) is 0.362. The summed E-state index contributed by atoms with van der Waals surface area (Å²) in [6, 6.07) is 9.10. The third-order valence-corrected chi connectivity index (χ3v) is 2.89. The first-order valence-corrected chi connectivity index (χ1v) is 8.03. The van der Waals surface area contributed by atoms with Crippen molar-refractivity contribution in [2.45, 2.75) is 6.92 Å². The smallest absolute Gasteiger partial charge is 0.332 e. The molecule has 0 radical (unpaired) electrons. The molecule has 2 rings (SSSR count). The van der Waals surface area contributed by atoms with Crippen molar-refractivity contribution >= 4 is 29.3 Å². The molecule has 0 aromatic heterocycles. The van der Waals surface area contributed by atoms with Gasteiger partial charge in [0, 0.05) is 17.7 Å². The number of nitrogens with one attached hydrogen (secondary N) is 1. The normalized spacial score (nSPS) is 11.3. The summed E-state index contributed by atoms with van der Waals surface area (Å²) in [5.41, 5.74) is 1.64. The lowest BCUT2D eigenvalue weighted by Gasteiger charge is -1.97. The Balaban J connectivity index is 0.000000424. The molecule has 1 aromatic rings. The summed E-state index contributed by atoms with van der Waals surface area (Å²) in [6.45, 7) is 11.8. The molecule has 1 heterocycles. The van der Waals surface area contributed by atoms with Crippen molar-refractivity contribution in [2.24, 2.45) is 0 Å². The second kappa shape index (κ2) is 13.5. The first-order chi connectivity index (χ1) is 13.3. The third kappa shape index (κ3) is 9.67. The molecule has 0 atom stereocenters. The summed E-state index contributed by atoms with van der Waals surface area (Å²) in [6.07, 6.45) is 3.93. The minimum atomic E-state index is -0.412. The number of rotatable bonds is 5. The fourth-order valence-corrected chi connectivity index (χ4v) is 1.62. The van der Waals surface area contributed by atoms with Gasteiger partial charge in [-0.25, -0.2) is 9.59 Å². The summed E-state index contributed by atoms with van der Waals surface area (Å²) >= 11 is 0. The van der Waals surface area contributed by atoms with E-state index < -0.39 is 5.97 Å². The largest absolute Gasteiger partial charge is 0.466 e. The average molecular weight is 385 g/mol. The number of hydrogen-bond acceptors (Lipinski definition) is 6. The van der Waals surface area contributed by atoms with Crippen LogP contribution >= 0.6 is 0 Å². The lowest BCUT2D eigenvalue weighted by molar-refractivity contribution is -0.137. The predicted octanol–water partition coefficient (Wildman–Crippen LogP) is 2.36. The molecule has 0 aliphatic carbocycles. The Hall–Kier alpha value is -3.74. The molecule has 1 aromatic carbocycles. The molecule has 0 unspecified atom stereocenters. The monoisotopic (exact) mass is 385 g/mol. The molecule has 1 aliphatic rings. The van der Waals surface area contributed by atoms with Gasteiger partial charge >= 0.3 is 11.9 Å². The van der Waals surface area contributed by atoms with E-state index in [1.165, 1.54) is 19.3 Å². The fraction of sp³-hybridized carbons (Fsp3) is 0.143. The Morgan fingerprint density at radius 2 is 1.75 bits per heavy atom. The predicted molar refractivity (Wildman–Crippen MR) is 106 cm³/mol. The van der Waals surface area contributed by atoms with Gasteiger partial charge in [-0.15, -0.1) is 0 Å². The standard InChI is InChI=1S/C10H7NO2.C6H8O2.C5H8O2/c12-9-6-8(10(13)11-9)7-4-2-1-3-5-7;1-3-5-8-6(7)4-2;1-4(2)5(6)7-3/h1-6H,(H,11,12,13);3-4H,1-2,5H2;1H2,2-3H3. The second-order valence-electron chi connectivity index (χ2n) is 5.14. The van der Waals surface area contributed by atoms with E-state index in [0.717, 1.165) is 11.6 Å². The number of benzene rings is 1. The number of carbonyl (C=O) groups is 4. The lowest BCUT2D eigenvalue weighted by Crippen LogP contribution is -2.21. The highest BCUT2D eigenvalue weighted by molar-refractivity contribution is 6.33. The number of esters is 2. The van der Waals surface area contributed by atoms with Gasteiger partial charge in [-0.3, -0.25) is 14.9 Å². The van der Waals surface area contributed by atoms with E-state index in [4.69, 9.17) is 0 Å². The van der Waals surface area contributed by atoms with Crippen molar-refractivity contribution in [1.82, 2.24) is 5.32 Å². The third-order valence-electron chi connectivity index (χ3n) is 2.89. The highest BCUT2D eigenvalue weighted by atomic mass is 16.5. The van der Waals surface area contributed by atoms with Crippen LogP contribution < -0.4 is 5.32 Å². The zero-order valence-corrected chi connectivity index (χ0v) is 15.9. The van der Waals surface area contributed by atoms with Gasteiger partial charge in [0.05, 0.1) is 12.7 Å². The molecule has 28 heavy (non-hydrogen) atoms. The van der Waals surface area contributed by atoms with Gasteiger partial charge < -0.3 is 9.47 Å². The summed E-state index contributed by atoms with van der Waals surface area (Å²) in [4.78, 5) is 42.4. The van der Waals surface area contributed by atoms with Crippen molar-refractivity contribution in [3.05, 3.63) is 79.4 Å². The van der Waals surface area contributed by atoms with Crippen LogP contribution in [0.5, 0.6) is 0 Å². The van der Waals surface area contributed by atoms with Crippen molar-refractivity contribution in [3.8, 4) is 0 Å². The van der Waals surface area contributed by atoms with Crippen LogP contribution in [0.1, 0.15) is 12.5 Å². The van der Waals surface area contributed by atoms with E-state index in [1.807, 2.05) is 18.2 Å². The van der Waals surface area contributed by atoms with Crippen LogP contribution in [0.4, 0.5) is 0 Å². The SMILES string of the molecule is C=C(C)C(=O)OC.C=CCOC(=O)C=C.O=C1C=C(c2ccccc2)C(=O)N1. The van der Waals surface area contributed by atoms with E-state index >= 15 is 0 Å².